The molecule has 0 spiro atoms. The lowest BCUT2D eigenvalue weighted by Crippen LogP contribution is -2.58. The molecule has 13 heteroatoms. The molecule has 13 nitrogen and oxygen atoms in total. The minimum atomic E-state index is -1.53. The maximum Gasteiger partial charge on any atom is 0.326 e. The van der Waals surface area contributed by atoms with Crippen molar-refractivity contribution in [2.75, 3.05) is 0 Å². The monoisotopic (exact) mass is 618 g/mol. The molecule has 9 N–H and O–H groups in total. The molecular formula is C32H38N6O7. The summed E-state index contributed by atoms with van der Waals surface area (Å²) >= 11 is 0. The summed E-state index contributed by atoms with van der Waals surface area (Å²) < 4.78 is 0. The first-order valence-electron chi connectivity index (χ1n) is 14.6. The Labute approximate surface area is 258 Å². The number of carboxylic acid groups (broad SMARTS) is 2. The number of H-pyrrole nitrogens is 2. The number of carbonyl (C=O) groups excluding carboxylic acids is 3. The topological polar surface area (TPSA) is 219 Å². The summed E-state index contributed by atoms with van der Waals surface area (Å²) in [6.07, 6.45) is 2.82. The number of aliphatic carboxylic acids is 2. The molecule has 2 aromatic heterocycles. The van der Waals surface area contributed by atoms with Gasteiger partial charge < -0.3 is 41.9 Å². The second-order valence-electron chi connectivity index (χ2n) is 11.5. The summed E-state index contributed by atoms with van der Waals surface area (Å²) in [5, 5.41) is 28.6. The largest absolute Gasteiger partial charge is 0.481 e. The van der Waals surface area contributed by atoms with Crippen LogP contribution in [0.1, 0.15) is 37.8 Å². The van der Waals surface area contributed by atoms with Gasteiger partial charge in [0.05, 0.1) is 12.5 Å². The molecule has 0 saturated heterocycles. The Balaban J connectivity index is 1.59. The zero-order chi connectivity index (χ0) is 32.7. The average molecular weight is 619 g/mol. The molecule has 4 rings (SSSR count). The van der Waals surface area contributed by atoms with Gasteiger partial charge in [0.15, 0.2) is 0 Å². The predicted octanol–water partition coefficient (Wildman–Crippen LogP) is 1.82. The summed E-state index contributed by atoms with van der Waals surface area (Å²) in [5.74, 6) is -4.97. The van der Waals surface area contributed by atoms with Gasteiger partial charge in [-0.05, 0) is 35.6 Å². The number of rotatable bonds is 15. The Kier molecular flexibility index (Phi) is 10.6. The van der Waals surface area contributed by atoms with E-state index < -0.39 is 60.2 Å². The van der Waals surface area contributed by atoms with Crippen molar-refractivity contribution in [3.05, 3.63) is 72.1 Å². The van der Waals surface area contributed by atoms with Gasteiger partial charge in [-0.2, -0.15) is 0 Å². The van der Waals surface area contributed by atoms with Crippen LogP contribution < -0.4 is 21.7 Å². The van der Waals surface area contributed by atoms with E-state index in [1.807, 2.05) is 62.4 Å². The van der Waals surface area contributed by atoms with Crippen molar-refractivity contribution >= 4 is 51.5 Å². The van der Waals surface area contributed by atoms with E-state index in [0.717, 1.165) is 21.8 Å². The Hall–Kier alpha value is -5.17. The normalized spacial score (nSPS) is 14.0. The number of aromatic nitrogens is 2. The second-order valence-corrected chi connectivity index (χ2v) is 11.5. The van der Waals surface area contributed by atoms with Gasteiger partial charge in [0.25, 0.3) is 0 Å². The molecule has 4 atom stereocenters. The number of fused-ring (bicyclic) bond motifs is 2. The van der Waals surface area contributed by atoms with Crippen LogP contribution in [0.15, 0.2) is 60.9 Å². The zero-order valence-corrected chi connectivity index (χ0v) is 25.0. The minimum Gasteiger partial charge on any atom is -0.481 e. The fourth-order valence-corrected chi connectivity index (χ4v) is 5.27. The molecule has 0 aliphatic heterocycles. The van der Waals surface area contributed by atoms with Gasteiger partial charge in [-0.15, -0.1) is 0 Å². The van der Waals surface area contributed by atoms with E-state index in [1.54, 1.807) is 12.4 Å². The summed E-state index contributed by atoms with van der Waals surface area (Å²) in [5.41, 5.74) is 8.88. The van der Waals surface area contributed by atoms with E-state index in [1.165, 1.54) is 0 Å². The van der Waals surface area contributed by atoms with Crippen molar-refractivity contribution in [1.82, 2.24) is 25.9 Å². The van der Waals surface area contributed by atoms with E-state index >= 15 is 0 Å². The van der Waals surface area contributed by atoms with Crippen molar-refractivity contribution in [2.24, 2.45) is 11.7 Å². The van der Waals surface area contributed by atoms with Crippen LogP contribution in [0, 0.1) is 5.92 Å². The summed E-state index contributed by atoms with van der Waals surface area (Å²) in [6.45, 7) is 3.73. The second kappa shape index (κ2) is 14.5. The van der Waals surface area contributed by atoms with E-state index in [2.05, 4.69) is 25.9 Å². The van der Waals surface area contributed by atoms with Gasteiger partial charge in [0, 0.05) is 47.0 Å². The average Bonchev–Trinajstić information content (AvgIpc) is 3.59. The number of hydrogen-bond acceptors (Lipinski definition) is 6. The number of para-hydroxylation sites is 2. The molecular weight excluding hydrogens is 580 g/mol. The predicted molar refractivity (Wildman–Crippen MR) is 167 cm³/mol. The number of nitrogens with one attached hydrogen (secondary N) is 5. The Morgan fingerprint density at radius 2 is 1.18 bits per heavy atom. The number of benzene rings is 2. The highest BCUT2D eigenvalue weighted by atomic mass is 16.4. The molecule has 45 heavy (non-hydrogen) atoms. The number of hydrogen-bond donors (Lipinski definition) is 8. The van der Waals surface area contributed by atoms with Crippen LogP contribution in [0.25, 0.3) is 21.8 Å². The van der Waals surface area contributed by atoms with Gasteiger partial charge >= 0.3 is 11.9 Å². The molecule has 2 heterocycles. The van der Waals surface area contributed by atoms with E-state index in [0.29, 0.717) is 17.5 Å². The molecule has 238 valence electrons. The van der Waals surface area contributed by atoms with Crippen molar-refractivity contribution in [1.29, 1.82) is 0 Å². The van der Waals surface area contributed by atoms with E-state index in [9.17, 15) is 34.2 Å². The van der Waals surface area contributed by atoms with Crippen LogP contribution in [-0.4, -0.2) is 74.0 Å². The maximum absolute atomic E-state index is 13.7. The standard InChI is InChI=1S/C32H38N6O7/c1-17(2)11-22(33)29(41)36-26(14-28(39)40)31(43)37-25(12-18-15-34-23-9-5-3-7-20(18)23)30(42)38-27(32(44)45)13-19-16-35-24-10-6-4-8-21(19)24/h3-10,15-17,22,25-27,34-35H,11-14,33H2,1-2H3,(H,36,41)(H,37,43)(H,38,42)(H,39,40)(H,44,45). The van der Waals surface area contributed by atoms with Gasteiger partial charge in [0.1, 0.15) is 18.1 Å². The van der Waals surface area contributed by atoms with E-state index in [-0.39, 0.29) is 18.8 Å². The highest BCUT2D eigenvalue weighted by Crippen LogP contribution is 2.21. The minimum absolute atomic E-state index is 0.0374. The Morgan fingerprint density at radius 3 is 1.69 bits per heavy atom. The highest BCUT2D eigenvalue weighted by Gasteiger charge is 2.32. The number of carbonyl (C=O) groups is 5. The van der Waals surface area contributed by atoms with Gasteiger partial charge in [-0.3, -0.25) is 19.2 Å². The summed E-state index contributed by atoms with van der Waals surface area (Å²) in [4.78, 5) is 70.0. The zero-order valence-electron chi connectivity index (χ0n) is 25.0. The number of aromatic amines is 2. The lowest BCUT2D eigenvalue weighted by Gasteiger charge is -2.25. The number of nitrogens with two attached hydrogens (primary N) is 1. The smallest absolute Gasteiger partial charge is 0.326 e. The quantitative estimate of drug-likeness (QED) is 0.0980. The molecule has 0 radical (unpaired) electrons. The summed E-state index contributed by atoms with van der Waals surface area (Å²) in [7, 11) is 0. The lowest BCUT2D eigenvalue weighted by molar-refractivity contribution is -0.143. The highest BCUT2D eigenvalue weighted by molar-refractivity contribution is 5.96. The molecule has 0 bridgehead atoms. The third-order valence-corrected chi connectivity index (χ3v) is 7.52. The van der Waals surface area contributed by atoms with Crippen LogP contribution in [0.3, 0.4) is 0 Å². The Bertz CT molecular complexity index is 1690. The van der Waals surface area contributed by atoms with E-state index in [4.69, 9.17) is 5.73 Å². The lowest BCUT2D eigenvalue weighted by atomic mass is 10.0. The third kappa shape index (κ3) is 8.48. The molecule has 2 aromatic carbocycles. The molecule has 3 amide bonds. The molecule has 0 aliphatic carbocycles. The maximum atomic E-state index is 13.7. The fraction of sp³-hybridized carbons (Fsp3) is 0.344. The molecule has 0 aliphatic rings. The van der Waals surface area contributed by atoms with Crippen LogP contribution in [0.4, 0.5) is 0 Å². The first-order valence-corrected chi connectivity index (χ1v) is 14.6. The molecule has 4 unspecified atom stereocenters. The van der Waals surface area contributed by atoms with Crippen molar-refractivity contribution < 1.29 is 34.2 Å². The van der Waals surface area contributed by atoms with Crippen LogP contribution in [0.5, 0.6) is 0 Å². The SMILES string of the molecule is CC(C)CC(N)C(=O)NC(CC(=O)O)C(=O)NC(Cc1c[nH]c2ccccc12)C(=O)NC(Cc1c[nH]c2ccccc12)C(=O)O. The molecule has 4 aromatic rings. The first-order chi connectivity index (χ1) is 21.4. The number of carboxylic acids is 2. The molecule has 0 saturated carbocycles. The van der Waals surface area contributed by atoms with Crippen LogP contribution in [0.2, 0.25) is 0 Å². The van der Waals surface area contributed by atoms with Crippen LogP contribution >= 0.6 is 0 Å². The first kappa shape index (κ1) is 32.7. The number of amides is 3. The van der Waals surface area contributed by atoms with Crippen molar-refractivity contribution in [3.8, 4) is 0 Å². The molecule has 0 fully saturated rings. The third-order valence-electron chi connectivity index (χ3n) is 7.52. The van der Waals surface area contributed by atoms with Gasteiger partial charge in [-0.25, -0.2) is 4.79 Å². The van der Waals surface area contributed by atoms with Gasteiger partial charge in [0.2, 0.25) is 17.7 Å². The Morgan fingerprint density at radius 1 is 0.711 bits per heavy atom. The summed E-state index contributed by atoms with van der Waals surface area (Å²) in [6, 6.07) is 9.50. The van der Waals surface area contributed by atoms with Crippen molar-refractivity contribution in [3.63, 3.8) is 0 Å². The van der Waals surface area contributed by atoms with Gasteiger partial charge in [-0.1, -0.05) is 50.2 Å². The fourth-order valence-electron chi connectivity index (χ4n) is 5.27. The van der Waals surface area contributed by atoms with Crippen LogP contribution in [-0.2, 0) is 36.8 Å². The van der Waals surface area contributed by atoms with Crippen molar-refractivity contribution in [2.45, 2.75) is 63.7 Å².